The molecular formula is C21H28FIN4. The number of aliphatic imine (C=N–C) groups is 1. The lowest BCUT2D eigenvalue weighted by Gasteiger charge is -2.19. The average molecular weight is 482 g/mol. The highest BCUT2D eigenvalue weighted by Gasteiger charge is 2.45. The van der Waals surface area contributed by atoms with Crippen molar-refractivity contribution in [3.8, 4) is 0 Å². The molecule has 0 heterocycles. The molecule has 0 atom stereocenters. The zero-order chi connectivity index (χ0) is 18.6. The minimum absolute atomic E-state index is 0. The second kappa shape index (κ2) is 9.39. The van der Waals surface area contributed by atoms with Crippen LogP contribution in [0.2, 0.25) is 0 Å². The zero-order valence-electron chi connectivity index (χ0n) is 16.1. The maximum Gasteiger partial charge on any atom is 0.191 e. The van der Waals surface area contributed by atoms with Gasteiger partial charge in [-0.3, -0.25) is 4.99 Å². The molecule has 1 aliphatic rings. The topological polar surface area (TPSA) is 39.7 Å². The van der Waals surface area contributed by atoms with E-state index in [-0.39, 0.29) is 35.2 Å². The Morgan fingerprint density at radius 2 is 1.74 bits per heavy atom. The Morgan fingerprint density at radius 1 is 1.07 bits per heavy atom. The van der Waals surface area contributed by atoms with Crippen LogP contribution >= 0.6 is 24.0 Å². The monoisotopic (exact) mass is 482 g/mol. The second-order valence-electron chi connectivity index (χ2n) is 7.10. The van der Waals surface area contributed by atoms with E-state index in [9.17, 15) is 4.39 Å². The summed E-state index contributed by atoms with van der Waals surface area (Å²) in [6.07, 6.45) is 2.01. The number of hydrogen-bond acceptors (Lipinski definition) is 2. The van der Waals surface area contributed by atoms with Crippen molar-refractivity contribution in [3.63, 3.8) is 0 Å². The van der Waals surface area contributed by atoms with Crippen LogP contribution < -0.4 is 15.5 Å². The summed E-state index contributed by atoms with van der Waals surface area (Å²) >= 11 is 0. The largest absolute Gasteiger partial charge is 0.378 e. The molecule has 146 valence electrons. The van der Waals surface area contributed by atoms with E-state index < -0.39 is 0 Å². The van der Waals surface area contributed by atoms with Crippen molar-refractivity contribution < 1.29 is 4.39 Å². The van der Waals surface area contributed by atoms with Crippen LogP contribution in [0.4, 0.5) is 10.1 Å². The predicted octanol–water partition coefficient (Wildman–Crippen LogP) is 3.91. The minimum atomic E-state index is -0.115. The fourth-order valence-electron chi connectivity index (χ4n) is 3.15. The van der Waals surface area contributed by atoms with E-state index in [1.807, 2.05) is 26.2 Å². The molecule has 0 spiro atoms. The molecule has 0 amide bonds. The van der Waals surface area contributed by atoms with E-state index in [1.54, 1.807) is 19.2 Å². The zero-order valence-corrected chi connectivity index (χ0v) is 18.5. The summed E-state index contributed by atoms with van der Waals surface area (Å²) < 4.78 is 14.1. The van der Waals surface area contributed by atoms with Gasteiger partial charge in [-0.15, -0.1) is 24.0 Å². The van der Waals surface area contributed by atoms with E-state index in [2.05, 4.69) is 44.8 Å². The van der Waals surface area contributed by atoms with Crippen molar-refractivity contribution in [3.05, 3.63) is 65.5 Å². The Kier molecular flexibility index (Phi) is 7.47. The third-order valence-corrected chi connectivity index (χ3v) is 5.03. The Morgan fingerprint density at radius 3 is 2.30 bits per heavy atom. The molecule has 1 saturated carbocycles. The Balaban J connectivity index is 0.00000261. The second-order valence-corrected chi connectivity index (χ2v) is 7.10. The van der Waals surface area contributed by atoms with E-state index in [1.165, 1.54) is 11.3 Å². The first-order valence-corrected chi connectivity index (χ1v) is 9.00. The number of benzene rings is 2. The van der Waals surface area contributed by atoms with Gasteiger partial charge in [0.15, 0.2) is 5.96 Å². The van der Waals surface area contributed by atoms with Gasteiger partial charge in [0.05, 0.1) is 0 Å². The molecule has 3 rings (SSSR count). The first-order valence-electron chi connectivity index (χ1n) is 9.00. The lowest BCUT2D eigenvalue weighted by molar-refractivity contribution is 0.559. The molecule has 0 radical (unpaired) electrons. The van der Waals surface area contributed by atoms with Gasteiger partial charge in [0.1, 0.15) is 5.82 Å². The summed E-state index contributed by atoms with van der Waals surface area (Å²) in [6, 6.07) is 15.5. The summed E-state index contributed by atoms with van der Waals surface area (Å²) in [5.74, 6) is 0.625. The molecule has 0 aromatic heterocycles. The highest BCUT2D eigenvalue weighted by Crippen LogP contribution is 2.48. The minimum Gasteiger partial charge on any atom is -0.378 e. The quantitative estimate of drug-likeness (QED) is 0.373. The summed E-state index contributed by atoms with van der Waals surface area (Å²) in [4.78, 5) is 6.37. The molecule has 0 aliphatic heterocycles. The number of anilines is 1. The van der Waals surface area contributed by atoms with Gasteiger partial charge < -0.3 is 15.5 Å². The molecule has 27 heavy (non-hydrogen) atoms. The molecule has 0 unspecified atom stereocenters. The van der Waals surface area contributed by atoms with Crippen LogP contribution in [0.25, 0.3) is 0 Å². The molecular weight excluding hydrogens is 454 g/mol. The van der Waals surface area contributed by atoms with Crippen LogP contribution in [0.15, 0.2) is 53.5 Å². The standard InChI is InChI=1S/C21H27FN4.HI/c1-23-20(24-14-16-8-10-17(11-9-16)26(2)3)25-15-21(12-13-21)18-6-4-5-7-19(18)22;/h4-11H,12-15H2,1-3H3,(H2,23,24,25);1H. The number of guanidine groups is 1. The van der Waals surface area contributed by atoms with Gasteiger partial charge in [0.25, 0.3) is 0 Å². The average Bonchev–Trinajstić information content (AvgIpc) is 3.43. The van der Waals surface area contributed by atoms with Crippen molar-refractivity contribution in [1.29, 1.82) is 0 Å². The van der Waals surface area contributed by atoms with Gasteiger partial charge in [-0.2, -0.15) is 0 Å². The Bertz CT molecular complexity index is 770. The maximum atomic E-state index is 14.1. The highest BCUT2D eigenvalue weighted by molar-refractivity contribution is 14.0. The molecule has 1 aliphatic carbocycles. The molecule has 6 heteroatoms. The van der Waals surface area contributed by atoms with Gasteiger partial charge in [0.2, 0.25) is 0 Å². The fraction of sp³-hybridized carbons (Fsp3) is 0.381. The van der Waals surface area contributed by atoms with Gasteiger partial charge in [-0.25, -0.2) is 4.39 Å². The Labute approximate surface area is 178 Å². The van der Waals surface area contributed by atoms with Gasteiger partial charge in [0, 0.05) is 45.3 Å². The van der Waals surface area contributed by atoms with Gasteiger partial charge in [-0.05, 0) is 42.2 Å². The van der Waals surface area contributed by atoms with Crippen molar-refractivity contribution >= 4 is 35.6 Å². The molecule has 1 fully saturated rings. The number of halogens is 2. The van der Waals surface area contributed by atoms with Crippen molar-refractivity contribution in [2.75, 3.05) is 32.6 Å². The van der Waals surface area contributed by atoms with Crippen LogP contribution in [-0.4, -0.2) is 33.6 Å². The lowest BCUT2D eigenvalue weighted by atomic mass is 9.95. The van der Waals surface area contributed by atoms with Crippen LogP contribution in [0.5, 0.6) is 0 Å². The van der Waals surface area contributed by atoms with E-state index in [0.29, 0.717) is 13.1 Å². The number of rotatable bonds is 6. The first-order chi connectivity index (χ1) is 12.5. The summed E-state index contributed by atoms with van der Waals surface area (Å²) in [6.45, 7) is 1.38. The summed E-state index contributed by atoms with van der Waals surface area (Å²) in [5.41, 5.74) is 3.07. The third kappa shape index (κ3) is 5.34. The molecule has 0 saturated heterocycles. The normalized spacial score (nSPS) is 14.9. The molecule has 2 aromatic carbocycles. The van der Waals surface area contributed by atoms with Crippen LogP contribution in [0.3, 0.4) is 0 Å². The highest BCUT2D eigenvalue weighted by atomic mass is 127. The maximum absolute atomic E-state index is 14.1. The third-order valence-electron chi connectivity index (χ3n) is 5.03. The Hall–Kier alpha value is -1.83. The van der Waals surface area contributed by atoms with Crippen LogP contribution in [0.1, 0.15) is 24.0 Å². The van der Waals surface area contributed by atoms with E-state index >= 15 is 0 Å². The van der Waals surface area contributed by atoms with Crippen molar-refractivity contribution in [1.82, 2.24) is 10.6 Å². The molecule has 4 nitrogen and oxygen atoms in total. The number of hydrogen-bond donors (Lipinski definition) is 2. The molecule has 2 aromatic rings. The van der Waals surface area contributed by atoms with Gasteiger partial charge in [-0.1, -0.05) is 30.3 Å². The van der Waals surface area contributed by atoms with Crippen LogP contribution in [0, 0.1) is 5.82 Å². The van der Waals surface area contributed by atoms with E-state index in [0.717, 1.165) is 24.4 Å². The smallest absolute Gasteiger partial charge is 0.191 e. The number of nitrogens with one attached hydrogen (secondary N) is 2. The van der Waals surface area contributed by atoms with Crippen molar-refractivity contribution in [2.24, 2.45) is 4.99 Å². The molecule has 0 bridgehead atoms. The van der Waals surface area contributed by atoms with Crippen molar-refractivity contribution in [2.45, 2.75) is 24.8 Å². The van der Waals surface area contributed by atoms with E-state index in [4.69, 9.17) is 0 Å². The van der Waals surface area contributed by atoms with Crippen LogP contribution in [-0.2, 0) is 12.0 Å². The first kappa shape index (κ1) is 21.5. The summed E-state index contributed by atoms with van der Waals surface area (Å²) in [5, 5.41) is 6.69. The fourth-order valence-corrected chi connectivity index (χ4v) is 3.15. The lowest BCUT2D eigenvalue weighted by Crippen LogP contribution is -2.41. The summed E-state index contributed by atoms with van der Waals surface area (Å²) in [7, 11) is 5.82. The molecule has 2 N–H and O–H groups in total. The predicted molar refractivity (Wildman–Crippen MR) is 122 cm³/mol. The van der Waals surface area contributed by atoms with Gasteiger partial charge >= 0.3 is 0 Å². The SMILES string of the molecule is CN=C(NCc1ccc(N(C)C)cc1)NCC1(c2ccccc2F)CC1.I. The number of nitrogens with zero attached hydrogens (tertiary/aromatic N) is 2.